The number of anilines is 1. The number of aromatic amines is 1. The lowest BCUT2D eigenvalue weighted by molar-refractivity contribution is 0.0525. The molecule has 0 spiro atoms. The number of hydrogen-bond donors (Lipinski definition) is 2. The van der Waals surface area contributed by atoms with E-state index in [1.54, 1.807) is 37.3 Å². The summed E-state index contributed by atoms with van der Waals surface area (Å²) in [5, 5.41) is 7.59. The Hall–Kier alpha value is -3.36. The van der Waals surface area contributed by atoms with E-state index in [1.807, 2.05) is 0 Å². The Kier molecular flexibility index (Phi) is 5.19. The largest absolute Gasteiger partial charge is 0.462 e. The van der Waals surface area contributed by atoms with Crippen LogP contribution in [0.2, 0.25) is 10.0 Å². The lowest BCUT2D eigenvalue weighted by atomic mass is 10.1. The second-order valence-electron chi connectivity index (χ2n) is 6.27. The number of benzene rings is 2. The summed E-state index contributed by atoms with van der Waals surface area (Å²) in [6.07, 6.45) is 0. The Morgan fingerprint density at radius 2 is 1.87 bits per heavy atom. The molecule has 2 heterocycles. The summed E-state index contributed by atoms with van der Waals surface area (Å²) in [6, 6.07) is 11.6. The molecule has 152 valence electrons. The number of ether oxygens (including phenoxy) is 1. The monoisotopic (exact) mass is 444 g/mol. The number of carbonyl (C=O) groups excluding carboxylic acids is 2. The molecule has 2 aromatic heterocycles. The van der Waals surface area contributed by atoms with Gasteiger partial charge in [0, 0.05) is 11.1 Å². The van der Waals surface area contributed by atoms with Gasteiger partial charge in [0.1, 0.15) is 5.56 Å². The van der Waals surface area contributed by atoms with Crippen molar-refractivity contribution in [2.45, 2.75) is 6.92 Å². The van der Waals surface area contributed by atoms with Crippen molar-refractivity contribution in [1.29, 1.82) is 0 Å². The van der Waals surface area contributed by atoms with Crippen molar-refractivity contribution in [3.63, 3.8) is 0 Å². The molecule has 2 N–H and O–H groups in total. The normalized spacial score (nSPS) is 11.0. The van der Waals surface area contributed by atoms with Gasteiger partial charge in [0.15, 0.2) is 5.69 Å². The van der Waals surface area contributed by atoms with E-state index in [2.05, 4.69) is 15.4 Å². The van der Waals surface area contributed by atoms with Crippen LogP contribution in [0.5, 0.6) is 0 Å². The first-order chi connectivity index (χ1) is 14.4. The average molecular weight is 445 g/mol. The van der Waals surface area contributed by atoms with Crippen molar-refractivity contribution < 1.29 is 14.3 Å². The van der Waals surface area contributed by atoms with Crippen LogP contribution in [0.1, 0.15) is 27.8 Å². The number of halogens is 2. The molecule has 0 saturated carbocycles. The Balaban J connectivity index is 2.01. The third-order valence-electron chi connectivity index (χ3n) is 4.36. The molecule has 0 saturated heterocycles. The fourth-order valence-electron chi connectivity index (χ4n) is 3.10. The van der Waals surface area contributed by atoms with Gasteiger partial charge in [0.2, 0.25) is 0 Å². The van der Waals surface area contributed by atoms with Gasteiger partial charge in [-0.05, 0) is 31.2 Å². The first-order valence-electron chi connectivity index (χ1n) is 8.88. The van der Waals surface area contributed by atoms with Crippen LogP contribution in [0.3, 0.4) is 0 Å². The van der Waals surface area contributed by atoms with Gasteiger partial charge >= 0.3 is 11.7 Å². The van der Waals surface area contributed by atoms with Gasteiger partial charge in [-0.15, -0.1) is 0 Å². The van der Waals surface area contributed by atoms with Crippen LogP contribution in [0.25, 0.3) is 16.4 Å². The number of fused-ring (bicyclic) bond motifs is 3. The lowest BCUT2D eigenvalue weighted by Gasteiger charge is -2.07. The molecule has 0 atom stereocenters. The van der Waals surface area contributed by atoms with Crippen molar-refractivity contribution in [3.8, 4) is 0 Å². The lowest BCUT2D eigenvalue weighted by Crippen LogP contribution is -2.19. The van der Waals surface area contributed by atoms with Gasteiger partial charge in [0.25, 0.3) is 5.91 Å². The highest BCUT2D eigenvalue weighted by atomic mass is 35.5. The molecule has 30 heavy (non-hydrogen) atoms. The first-order valence-corrected chi connectivity index (χ1v) is 9.63. The fourth-order valence-corrected chi connectivity index (χ4v) is 3.42. The molecule has 0 fully saturated rings. The first kappa shape index (κ1) is 19.9. The summed E-state index contributed by atoms with van der Waals surface area (Å²) >= 11 is 12.2. The minimum absolute atomic E-state index is 0.0730. The number of hydrogen-bond acceptors (Lipinski definition) is 5. The molecule has 0 aliphatic carbocycles. The van der Waals surface area contributed by atoms with E-state index < -0.39 is 17.6 Å². The Morgan fingerprint density at radius 1 is 1.17 bits per heavy atom. The number of aromatic nitrogens is 3. The van der Waals surface area contributed by atoms with E-state index >= 15 is 0 Å². The summed E-state index contributed by atoms with van der Waals surface area (Å²) in [5.74, 6) is -1.45. The molecular formula is C20H14Cl2N4O4. The number of H-pyrrole nitrogens is 1. The van der Waals surface area contributed by atoms with Crippen LogP contribution in [0, 0.1) is 0 Å². The molecule has 0 unspecified atom stereocenters. The molecule has 1 amide bonds. The summed E-state index contributed by atoms with van der Waals surface area (Å²) in [7, 11) is 0. The van der Waals surface area contributed by atoms with Gasteiger partial charge in [-0.2, -0.15) is 9.61 Å². The zero-order valence-electron chi connectivity index (χ0n) is 15.5. The summed E-state index contributed by atoms with van der Waals surface area (Å²) < 4.78 is 6.08. The zero-order chi connectivity index (χ0) is 21.4. The maximum atomic E-state index is 12.9. The van der Waals surface area contributed by atoms with Gasteiger partial charge in [-0.25, -0.2) is 9.59 Å². The number of rotatable bonds is 4. The minimum atomic E-state index is -0.788. The second kappa shape index (κ2) is 7.81. The molecule has 4 rings (SSSR count). The van der Waals surface area contributed by atoms with Crippen LogP contribution in [-0.4, -0.2) is 33.1 Å². The molecule has 0 bridgehead atoms. The predicted octanol–water partition coefficient (Wildman–Crippen LogP) is 3.91. The maximum Gasteiger partial charge on any atom is 0.347 e. The number of carbonyl (C=O) groups is 2. The molecule has 4 aromatic rings. The number of esters is 1. The van der Waals surface area contributed by atoms with Crippen molar-refractivity contribution in [2.75, 3.05) is 11.9 Å². The van der Waals surface area contributed by atoms with E-state index in [9.17, 15) is 14.4 Å². The van der Waals surface area contributed by atoms with Crippen LogP contribution < -0.4 is 11.0 Å². The van der Waals surface area contributed by atoms with Gasteiger partial charge in [-0.1, -0.05) is 41.4 Å². The van der Waals surface area contributed by atoms with Crippen molar-refractivity contribution in [1.82, 2.24) is 14.6 Å². The Labute approximate surface area is 179 Å². The average Bonchev–Trinajstić information content (AvgIpc) is 3.12. The number of nitrogens with zero attached hydrogens (tertiary/aromatic N) is 2. The summed E-state index contributed by atoms with van der Waals surface area (Å²) in [5.41, 5.74) is -0.101. The van der Waals surface area contributed by atoms with E-state index in [4.69, 9.17) is 27.9 Å². The topological polar surface area (TPSA) is 106 Å². The van der Waals surface area contributed by atoms with E-state index in [-0.39, 0.29) is 33.4 Å². The smallest absolute Gasteiger partial charge is 0.347 e. The van der Waals surface area contributed by atoms with Gasteiger partial charge in [-0.3, -0.25) is 4.79 Å². The fraction of sp³-hybridized carbons (Fsp3) is 0.100. The van der Waals surface area contributed by atoms with Crippen LogP contribution in [0.15, 0.2) is 47.3 Å². The number of nitrogens with one attached hydrogen (secondary N) is 2. The van der Waals surface area contributed by atoms with Crippen LogP contribution in [0.4, 0.5) is 5.69 Å². The molecule has 10 heteroatoms. The SMILES string of the molecule is CCOC(=O)c1c(C(=O)Nc2ccccc2)nn2c(=O)[nH]c3cc(Cl)c(Cl)cc3c12. The number of amides is 1. The van der Waals surface area contributed by atoms with Crippen LogP contribution >= 0.6 is 23.2 Å². The molecular weight excluding hydrogens is 431 g/mol. The Bertz CT molecular complexity index is 1360. The highest BCUT2D eigenvalue weighted by Gasteiger charge is 2.28. The molecule has 0 radical (unpaired) electrons. The van der Waals surface area contributed by atoms with E-state index in [0.29, 0.717) is 16.6 Å². The summed E-state index contributed by atoms with van der Waals surface area (Å²) in [4.78, 5) is 40.9. The van der Waals surface area contributed by atoms with E-state index in [1.165, 1.54) is 12.1 Å². The standard InChI is InChI=1S/C20H14Cl2N4O4/c1-2-30-19(28)15-16(18(27)23-10-6-4-3-5-7-10)25-26-17(15)11-8-12(21)13(22)9-14(11)24-20(26)29/h3-9H,2H2,1H3,(H,23,27)(H,24,29). The van der Waals surface area contributed by atoms with Crippen molar-refractivity contribution in [3.05, 3.63) is 74.3 Å². The molecule has 0 aliphatic rings. The quantitative estimate of drug-likeness (QED) is 0.464. The molecule has 0 aliphatic heterocycles. The van der Waals surface area contributed by atoms with E-state index in [0.717, 1.165) is 4.52 Å². The maximum absolute atomic E-state index is 12.9. The third-order valence-corrected chi connectivity index (χ3v) is 5.08. The van der Waals surface area contributed by atoms with Gasteiger partial charge < -0.3 is 15.0 Å². The molecule has 8 nitrogen and oxygen atoms in total. The number of para-hydroxylation sites is 1. The van der Waals surface area contributed by atoms with Crippen molar-refractivity contribution >= 4 is 57.2 Å². The Morgan fingerprint density at radius 3 is 2.57 bits per heavy atom. The predicted molar refractivity (Wildman–Crippen MR) is 114 cm³/mol. The minimum Gasteiger partial charge on any atom is -0.462 e. The highest BCUT2D eigenvalue weighted by molar-refractivity contribution is 6.43. The zero-order valence-corrected chi connectivity index (χ0v) is 17.0. The van der Waals surface area contributed by atoms with Crippen LogP contribution in [-0.2, 0) is 4.74 Å². The van der Waals surface area contributed by atoms with Crippen molar-refractivity contribution in [2.24, 2.45) is 0 Å². The third kappa shape index (κ3) is 3.40. The second-order valence-corrected chi connectivity index (χ2v) is 7.08. The summed E-state index contributed by atoms with van der Waals surface area (Å²) in [6.45, 7) is 1.71. The van der Waals surface area contributed by atoms with Gasteiger partial charge in [0.05, 0.1) is 27.7 Å². The molecule has 2 aromatic carbocycles. The highest BCUT2D eigenvalue weighted by Crippen LogP contribution is 2.31.